The summed E-state index contributed by atoms with van der Waals surface area (Å²) in [6, 6.07) is 1.17. The summed E-state index contributed by atoms with van der Waals surface area (Å²) >= 11 is 0. The summed E-state index contributed by atoms with van der Waals surface area (Å²) in [6.45, 7) is 0.167. The van der Waals surface area contributed by atoms with Gasteiger partial charge in [0.25, 0.3) is 0 Å². The molecule has 1 spiro atoms. The number of nitrogens with one attached hydrogen (secondary N) is 1. The van der Waals surface area contributed by atoms with Gasteiger partial charge in [0, 0.05) is 17.8 Å². The number of pyridine rings is 1. The molecule has 0 radical (unpaired) electrons. The van der Waals surface area contributed by atoms with Crippen LogP contribution in [0.4, 0.5) is 0 Å². The highest BCUT2D eigenvalue weighted by Gasteiger charge is 2.51. The number of nitrogens with zero attached hydrogens (tertiary/aromatic N) is 2. The van der Waals surface area contributed by atoms with Crippen molar-refractivity contribution in [2.75, 3.05) is 32.5 Å². The van der Waals surface area contributed by atoms with Crippen LogP contribution in [-0.4, -0.2) is 64.4 Å². The van der Waals surface area contributed by atoms with E-state index in [-0.39, 0.29) is 23.1 Å². The number of hydrogen-bond donors (Lipinski definition) is 3. The zero-order valence-corrected chi connectivity index (χ0v) is 14.9. The van der Waals surface area contributed by atoms with Crippen LogP contribution in [0.2, 0.25) is 0 Å². The molecule has 1 unspecified atom stereocenters. The first-order valence-corrected chi connectivity index (χ1v) is 9.40. The smallest absolute Gasteiger partial charge is 0.460 e. The lowest BCUT2D eigenvalue weighted by atomic mass is 10.2. The number of likely N-dealkylation sites (N-methyl/N-ethyl adjacent to an activating group) is 1. The molecule has 2 fully saturated rings. The molecule has 1 aromatic heterocycles. The second-order valence-corrected chi connectivity index (χ2v) is 7.50. The Morgan fingerprint density at radius 1 is 1.50 bits per heavy atom. The number of carbonyl (C=O) groups is 1. The van der Waals surface area contributed by atoms with E-state index in [0.29, 0.717) is 19.5 Å². The van der Waals surface area contributed by atoms with Crippen LogP contribution in [0, 0.1) is 0 Å². The molecule has 0 bridgehead atoms. The molecule has 26 heavy (non-hydrogen) atoms. The molecule has 12 heteroatoms. The average Bonchev–Trinajstić information content (AvgIpc) is 3.34. The molecule has 1 saturated carbocycles. The van der Waals surface area contributed by atoms with Gasteiger partial charge < -0.3 is 24.7 Å². The Hall–Kier alpha value is -1.75. The predicted molar refractivity (Wildman–Crippen MR) is 88.4 cm³/mol. The van der Waals surface area contributed by atoms with Crippen molar-refractivity contribution in [2.24, 2.45) is 0 Å². The SMILES string of the molecule is CN1C(Nn2ccc(=O)c(OCOP(=O)(O)O)c2C=O)COCC12CC2. The van der Waals surface area contributed by atoms with Crippen LogP contribution in [0.25, 0.3) is 0 Å². The first-order valence-electron chi connectivity index (χ1n) is 7.87. The van der Waals surface area contributed by atoms with Gasteiger partial charge in [-0.15, -0.1) is 0 Å². The Morgan fingerprint density at radius 3 is 2.85 bits per heavy atom. The maximum atomic E-state index is 12.0. The second kappa shape index (κ2) is 7.10. The van der Waals surface area contributed by atoms with Crippen LogP contribution < -0.4 is 15.6 Å². The molecule has 11 nitrogen and oxygen atoms in total. The maximum absolute atomic E-state index is 12.0. The molecule has 0 aromatic carbocycles. The van der Waals surface area contributed by atoms with E-state index in [1.54, 1.807) is 0 Å². The van der Waals surface area contributed by atoms with Crippen molar-refractivity contribution in [1.29, 1.82) is 0 Å². The molecule has 1 atom stereocenters. The maximum Gasteiger partial charge on any atom is 0.472 e. The Kier molecular flexibility index (Phi) is 5.20. The van der Waals surface area contributed by atoms with Gasteiger partial charge in [0.15, 0.2) is 12.0 Å². The van der Waals surface area contributed by atoms with Gasteiger partial charge in [-0.2, -0.15) is 0 Å². The molecule has 3 rings (SSSR count). The van der Waals surface area contributed by atoms with Crippen LogP contribution >= 0.6 is 7.82 Å². The van der Waals surface area contributed by atoms with E-state index in [1.165, 1.54) is 16.9 Å². The molecule has 1 aliphatic carbocycles. The lowest BCUT2D eigenvalue weighted by Gasteiger charge is -2.41. The minimum absolute atomic E-state index is 0.00682. The first kappa shape index (κ1) is 19.0. The van der Waals surface area contributed by atoms with E-state index in [0.717, 1.165) is 12.8 Å². The predicted octanol–water partition coefficient (Wildman–Crippen LogP) is -0.529. The summed E-state index contributed by atoms with van der Waals surface area (Å²) in [5.74, 6) is -0.371. The van der Waals surface area contributed by atoms with Gasteiger partial charge in [-0.1, -0.05) is 0 Å². The minimum Gasteiger partial charge on any atom is -0.460 e. The van der Waals surface area contributed by atoms with Crippen molar-refractivity contribution in [3.63, 3.8) is 0 Å². The highest BCUT2D eigenvalue weighted by Crippen LogP contribution is 2.43. The van der Waals surface area contributed by atoms with Gasteiger partial charge in [0.05, 0.1) is 13.2 Å². The zero-order valence-electron chi connectivity index (χ0n) is 14.0. The molecular formula is C14H20N3O8P. The third-order valence-electron chi connectivity index (χ3n) is 4.60. The van der Waals surface area contributed by atoms with Crippen molar-refractivity contribution in [2.45, 2.75) is 24.5 Å². The van der Waals surface area contributed by atoms with E-state index < -0.39 is 20.0 Å². The number of ether oxygens (including phenoxy) is 2. The Labute approximate surface area is 148 Å². The molecule has 2 heterocycles. The number of phosphoric ester groups is 1. The van der Waals surface area contributed by atoms with E-state index in [2.05, 4.69) is 14.8 Å². The van der Waals surface area contributed by atoms with Crippen LogP contribution in [0.3, 0.4) is 0 Å². The van der Waals surface area contributed by atoms with Gasteiger partial charge >= 0.3 is 7.82 Å². The fourth-order valence-corrected chi connectivity index (χ4v) is 3.08. The number of aromatic nitrogens is 1. The third-order valence-corrected chi connectivity index (χ3v) is 5.05. The van der Waals surface area contributed by atoms with Crippen LogP contribution in [0.15, 0.2) is 17.1 Å². The van der Waals surface area contributed by atoms with Crippen LogP contribution in [0.5, 0.6) is 5.75 Å². The third kappa shape index (κ3) is 3.98. The van der Waals surface area contributed by atoms with Crippen molar-refractivity contribution in [3.8, 4) is 5.75 Å². The van der Waals surface area contributed by atoms with Gasteiger partial charge in [0.1, 0.15) is 11.9 Å². The Bertz CT molecular complexity index is 787. The summed E-state index contributed by atoms with van der Waals surface area (Å²) in [5.41, 5.74) is 2.35. The Balaban J connectivity index is 1.79. The number of hydrogen-bond acceptors (Lipinski definition) is 8. The average molecular weight is 389 g/mol. The van der Waals surface area contributed by atoms with E-state index >= 15 is 0 Å². The second-order valence-electron chi connectivity index (χ2n) is 6.26. The number of morpholine rings is 1. The number of rotatable bonds is 7. The molecule has 144 valence electrons. The van der Waals surface area contributed by atoms with Crippen LogP contribution in [-0.2, 0) is 13.8 Å². The first-order chi connectivity index (χ1) is 12.3. The summed E-state index contributed by atoms with van der Waals surface area (Å²) < 4.78 is 26.8. The summed E-state index contributed by atoms with van der Waals surface area (Å²) in [5, 5.41) is 0. The molecule has 0 amide bonds. The van der Waals surface area contributed by atoms with Gasteiger partial charge in [0.2, 0.25) is 12.2 Å². The summed E-state index contributed by atoms with van der Waals surface area (Å²) in [4.78, 5) is 43.0. The molecule has 1 saturated heterocycles. The van der Waals surface area contributed by atoms with Gasteiger partial charge in [-0.05, 0) is 19.9 Å². The van der Waals surface area contributed by atoms with Gasteiger partial charge in [-0.3, -0.25) is 19.2 Å². The lowest BCUT2D eigenvalue weighted by Crippen LogP contribution is -2.57. The molecular weight excluding hydrogens is 369 g/mol. The fraction of sp³-hybridized carbons (Fsp3) is 0.571. The highest BCUT2D eigenvalue weighted by molar-refractivity contribution is 7.46. The summed E-state index contributed by atoms with van der Waals surface area (Å²) in [6.07, 6.45) is 3.62. The quantitative estimate of drug-likeness (QED) is 0.317. The molecule has 3 N–H and O–H groups in total. The molecule has 2 aliphatic rings. The highest BCUT2D eigenvalue weighted by atomic mass is 31.2. The fourth-order valence-electron chi connectivity index (χ4n) is 2.89. The lowest BCUT2D eigenvalue weighted by molar-refractivity contribution is -0.0423. The largest absolute Gasteiger partial charge is 0.472 e. The standard InChI is InChI=1S/C14H20N3O8P/c1-16-12(7-23-8-14(16)3-4-14)15-17-5-2-11(19)13(10(17)6-18)24-9-25-26(20,21)22/h2,5-6,12,15H,3-4,7-9H2,1H3,(H2,20,21,22). The monoisotopic (exact) mass is 389 g/mol. The van der Waals surface area contributed by atoms with Gasteiger partial charge in [-0.25, -0.2) is 9.09 Å². The van der Waals surface area contributed by atoms with E-state index in [1.807, 2.05) is 7.05 Å². The Morgan fingerprint density at radius 2 is 2.23 bits per heavy atom. The number of aldehydes is 1. The normalized spacial score (nSPS) is 22.2. The van der Waals surface area contributed by atoms with Crippen molar-refractivity contribution in [1.82, 2.24) is 9.58 Å². The van der Waals surface area contributed by atoms with Crippen LogP contribution in [0.1, 0.15) is 23.3 Å². The topological polar surface area (TPSA) is 140 Å². The summed E-state index contributed by atoms with van der Waals surface area (Å²) in [7, 11) is -2.80. The van der Waals surface area contributed by atoms with Crippen molar-refractivity contribution >= 4 is 14.1 Å². The number of carbonyl (C=O) groups excluding carboxylic acids is 1. The van der Waals surface area contributed by atoms with E-state index in [9.17, 15) is 14.2 Å². The van der Waals surface area contributed by atoms with E-state index in [4.69, 9.17) is 19.3 Å². The zero-order chi connectivity index (χ0) is 18.9. The number of phosphoric acid groups is 1. The van der Waals surface area contributed by atoms with Crippen molar-refractivity contribution < 1.29 is 33.1 Å². The molecule has 1 aromatic rings. The minimum atomic E-state index is -4.76. The van der Waals surface area contributed by atoms with Crippen molar-refractivity contribution in [3.05, 3.63) is 28.2 Å². The molecule has 1 aliphatic heterocycles.